The number of amides is 2. The van der Waals surface area contributed by atoms with Gasteiger partial charge in [0, 0.05) is 29.1 Å². The molecule has 1 aromatic heterocycles. The minimum absolute atomic E-state index is 0.109. The number of halogens is 2. The number of fused-ring (bicyclic) bond motifs is 1. The largest absolute Gasteiger partial charge is 0.444 e. The summed E-state index contributed by atoms with van der Waals surface area (Å²) in [6, 6.07) is 6.46. The van der Waals surface area contributed by atoms with Crippen LogP contribution in [0.2, 0.25) is 0 Å². The Hall–Kier alpha value is -3.05. The Kier molecular flexibility index (Phi) is 6.59. The van der Waals surface area contributed by atoms with Gasteiger partial charge in [-0.05, 0) is 57.5 Å². The maximum absolute atomic E-state index is 15.1. The third-order valence-corrected chi connectivity index (χ3v) is 6.26. The molecular formula is C23H24F2N4O4S. The second-order valence-corrected chi connectivity index (χ2v) is 9.88. The Morgan fingerprint density at radius 2 is 2.00 bits per heavy atom. The SMILES string of the molecule is CC(C)(C)OC(=O)NC1=N[C@@]2(c3cc(NC(=O)c4ncccc4F)ccc3F)OCC[C@H]2CS1. The van der Waals surface area contributed by atoms with Crippen molar-refractivity contribution in [1.29, 1.82) is 0 Å². The molecule has 3 heterocycles. The summed E-state index contributed by atoms with van der Waals surface area (Å²) in [5, 5.41) is 5.40. The Labute approximate surface area is 199 Å². The molecule has 11 heteroatoms. The lowest BCUT2D eigenvalue weighted by Gasteiger charge is -2.35. The highest BCUT2D eigenvalue weighted by atomic mass is 32.2. The van der Waals surface area contributed by atoms with E-state index in [9.17, 15) is 14.0 Å². The normalized spacial score (nSPS) is 21.9. The van der Waals surface area contributed by atoms with Crippen molar-refractivity contribution in [3.05, 3.63) is 59.4 Å². The molecule has 4 rings (SSSR count). The molecule has 0 aliphatic carbocycles. The molecule has 34 heavy (non-hydrogen) atoms. The van der Waals surface area contributed by atoms with E-state index in [1.807, 2.05) is 0 Å². The van der Waals surface area contributed by atoms with E-state index in [4.69, 9.17) is 9.47 Å². The minimum atomic E-state index is -1.38. The summed E-state index contributed by atoms with van der Waals surface area (Å²) in [5.74, 6) is -1.75. The fourth-order valence-electron chi connectivity index (χ4n) is 3.79. The lowest BCUT2D eigenvalue weighted by molar-refractivity contribution is -0.0173. The number of carbonyl (C=O) groups excluding carboxylic acids is 2. The summed E-state index contributed by atoms with van der Waals surface area (Å²) in [6.45, 7) is 5.58. The Morgan fingerprint density at radius 1 is 1.21 bits per heavy atom. The molecular weight excluding hydrogens is 466 g/mol. The first kappa shape index (κ1) is 24.1. The first-order chi connectivity index (χ1) is 16.1. The fourth-order valence-corrected chi connectivity index (χ4v) is 4.89. The van der Waals surface area contributed by atoms with E-state index in [1.165, 1.54) is 42.2 Å². The van der Waals surface area contributed by atoms with Crippen molar-refractivity contribution in [1.82, 2.24) is 10.3 Å². The molecule has 2 aliphatic heterocycles. The van der Waals surface area contributed by atoms with Crippen LogP contribution in [0, 0.1) is 17.6 Å². The molecule has 2 aliphatic rings. The number of benzene rings is 1. The highest BCUT2D eigenvalue weighted by molar-refractivity contribution is 8.13. The second kappa shape index (κ2) is 9.30. The number of hydrogen-bond donors (Lipinski definition) is 2. The number of carbonyl (C=O) groups is 2. The van der Waals surface area contributed by atoms with E-state index in [0.29, 0.717) is 18.8 Å². The standard InChI is InChI=1S/C23H24F2N4O4S/c1-22(2,3)33-21(31)28-20-29-23(13(12-34-20)8-10-32-23)15-11-14(6-7-16(15)24)27-19(30)18-17(25)5-4-9-26-18/h4-7,9,11,13H,8,10,12H2,1-3H3,(H,27,30)(H,28,29,31)/t13-,23+/m0/s1. The van der Waals surface area contributed by atoms with Crippen LogP contribution in [0.5, 0.6) is 0 Å². The fraction of sp³-hybridized carbons (Fsp3) is 0.391. The van der Waals surface area contributed by atoms with Crippen molar-refractivity contribution in [3.63, 3.8) is 0 Å². The zero-order valence-electron chi connectivity index (χ0n) is 18.9. The molecule has 2 N–H and O–H groups in total. The Bertz CT molecular complexity index is 1150. The predicted molar refractivity (Wildman–Crippen MR) is 124 cm³/mol. The summed E-state index contributed by atoms with van der Waals surface area (Å²) in [5.41, 5.74) is -2.11. The molecule has 0 bridgehead atoms. The average molecular weight is 491 g/mol. The van der Waals surface area contributed by atoms with Gasteiger partial charge in [-0.3, -0.25) is 10.1 Å². The maximum Gasteiger partial charge on any atom is 0.413 e. The second-order valence-electron chi connectivity index (χ2n) is 8.87. The molecule has 0 radical (unpaired) electrons. The number of aliphatic imine (C=N–C) groups is 1. The van der Waals surface area contributed by atoms with E-state index in [0.717, 1.165) is 6.07 Å². The third-order valence-electron chi connectivity index (χ3n) is 5.22. The number of pyridine rings is 1. The van der Waals surface area contributed by atoms with E-state index < -0.39 is 35.0 Å². The van der Waals surface area contributed by atoms with Crippen molar-refractivity contribution < 1.29 is 27.8 Å². The summed E-state index contributed by atoms with van der Waals surface area (Å²) in [6.07, 6.45) is 1.27. The first-order valence-corrected chi connectivity index (χ1v) is 11.6. The number of anilines is 1. The van der Waals surface area contributed by atoms with Gasteiger partial charge >= 0.3 is 6.09 Å². The van der Waals surface area contributed by atoms with Gasteiger partial charge < -0.3 is 14.8 Å². The molecule has 1 saturated heterocycles. The van der Waals surface area contributed by atoms with Crippen molar-refractivity contribution in [3.8, 4) is 0 Å². The highest BCUT2D eigenvalue weighted by Crippen LogP contribution is 2.48. The van der Waals surface area contributed by atoms with Gasteiger partial charge in [0.05, 0.1) is 6.61 Å². The van der Waals surface area contributed by atoms with Gasteiger partial charge in [0.1, 0.15) is 11.4 Å². The van der Waals surface area contributed by atoms with Crippen LogP contribution in [-0.4, -0.2) is 40.1 Å². The Morgan fingerprint density at radius 3 is 2.74 bits per heavy atom. The van der Waals surface area contributed by atoms with Crippen LogP contribution in [0.25, 0.3) is 0 Å². The summed E-state index contributed by atoms with van der Waals surface area (Å²) < 4.78 is 40.3. The number of nitrogens with zero attached hydrogens (tertiary/aromatic N) is 2. The van der Waals surface area contributed by atoms with Crippen LogP contribution in [0.3, 0.4) is 0 Å². The lowest BCUT2D eigenvalue weighted by Crippen LogP contribution is -2.42. The summed E-state index contributed by atoms with van der Waals surface area (Å²) >= 11 is 1.32. The van der Waals surface area contributed by atoms with Crippen LogP contribution in [0.4, 0.5) is 19.3 Å². The molecule has 180 valence electrons. The van der Waals surface area contributed by atoms with Crippen molar-refractivity contribution in [2.24, 2.45) is 10.9 Å². The van der Waals surface area contributed by atoms with E-state index in [-0.39, 0.29) is 28.0 Å². The summed E-state index contributed by atoms with van der Waals surface area (Å²) in [7, 11) is 0. The first-order valence-electron chi connectivity index (χ1n) is 10.7. The molecule has 1 aromatic carbocycles. The van der Waals surface area contributed by atoms with Crippen LogP contribution >= 0.6 is 11.8 Å². The van der Waals surface area contributed by atoms with Gasteiger partial charge in [-0.1, -0.05) is 11.8 Å². The molecule has 1 fully saturated rings. The molecule has 0 unspecified atom stereocenters. The molecule has 2 atom stereocenters. The van der Waals surface area contributed by atoms with Gasteiger partial charge in [-0.25, -0.2) is 23.6 Å². The van der Waals surface area contributed by atoms with Crippen molar-refractivity contribution in [2.45, 2.75) is 38.5 Å². The smallest absolute Gasteiger partial charge is 0.413 e. The third kappa shape index (κ3) is 5.05. The number of alkyl carbamates (subject to hydrolysis) is 1. The van der Waals surface area contributed by atoms with E-state index >= 15 is 4.39 Å². The number of rotatable bonds is 3. The quantitative estimate of drug-likeness (QED) is 0.660. The highest BCUT2D eigenvalue weighted by Gasteiger charge is 2.50. The lowest BCUT2D eigenvalue weighted by atomic mass is 9.89. The topological polar surface area (TPSA) is 102 Å². The average Bonchev–Trinajstić information content (AvgIpc) is 3.18. The predicted octanol–water partition coefficient (Wildman–Crippen LogP) is 4.43. The molecule has 2 amide bonds. The Balaban J connectivity index is 1.64. The van der Waals surface area contributed by atoms with Crippen molar-refractivity contribution in [2.75, 3.05) is 17.7 Å². The van der Waals surface area contributed by atoms with Crippen molar-refractivity contribution >= 4 is 34.6 Å². The van der Waals surface area contributed by atoms with Gasteiger partial charge in [0.15, 0.2) is 22.4 Å². The van der Waals surface area contributed by atoms with Gasteiger partial charge in [0.2, 0.25) is 0 Å². The molecule has 2 aromatic rings. The van der Waals surface area contributed by atoms with Crippen LogP contribution in [0.1, 0.15) is 43.2 Å². The van der Waals surface area contributed by atoms with Crippen LogP contribution < -0.4 is 10.6 Å². The van der Waals surface area contributed by atoms with E-state index in [2.05, 4.69) is 20.6 Å². The van der Waals surface area contributed by atoms with Crippen LogP contribution in [-0.2, 0) is 15.2 Å². The minimum Gasteiger partial charge on any atom is -0.444 e. The number of amidine groups is 1. The molecule has 8 nitrogen and oxygen atoms in total. The number of hydrogen-bond acceptors (Lipinski definition) is 7. The van der Waals surface area contributed by atoms with Gasteiger partial charge in [0.25, 0.3) is 5.91 Å². The number of nitrogens with one attached hydrogen (secondary N) is 2. The summed E-state index contributed by atoms with van der Waals surface area (Å²) in [4.78, 5) is 33.1. The van der Waals surface area contributed by atoms with Gasteiger partial charge in [-0.2, -0.15) is 0 Å². The zero-order chi connectivity index (χ0) is 24.5. The van der Waals surface area contributed by atoms with Gasteiger partial charge in [-0.15, -0.1) is 0 Å². The number of aromatic nitrogens is 1. The number of thioether (sulfide) groups is 1. The molecule has 0 saturated carbocycles. The monoisotopic (exact) mass is 490 g/mol. The maximum atomic E-state index is 15.1. The molecule has 0 spiro atoms. The van der Waals surface area contributed by atoms with E-state index in [1.54, 1.807) is 20.8 Å². The number of ether oxygens (including phenoxy) is 2. The van der Waals surface area contributed by atoms with Crippen LogP contribution in [0.15, 0.2) is 41.5 Å². The zero-order valence-corrected chi connectivity index (χ0v) is 19.7.